The van der Waals surface area contributed by atoms with Crippen LogP contribution in [0.3, 0.4) is 0 Å². The van der Waals surface area contributed by atoms with E-state index in [2.05, 4.69) is 168 Å². The second kappa shape index (κ2) is 18.3. The fourth-order valence-corrected chi connectivity index (χ4v) is 11.1. The van der Waals surface area contributed by atoms with Crippen LogP contribution in [0.5, 0.6) is 0 Å². The maximum Gasteiger partial charge on any atom is 0.113 e. The van der Waals surface area contributed by atoms with Crippen LogP contribution in [0.25, 0.3) is 22.3 Å². The minimum atomic E-state index is -0.492. The molecule has 0 N–H and O–H groups in total. The number of unbranched alkanes of at least 4 members (excludes halogenated alkanes) is 10. The van der Waals surface area contributed by atoms with Gasteiger partial charge in [-0.15, -0.1) is 0 Å². The molecule has 0 aromatic heterocycles. The van der Waals surface area contributed by atoms with Crippen molar-refractivity contribution in [3.63, 3.8) is 0 Å². The molecule has 2 aliphatic carbocycles. The van der Waals surface area contributed by atoms with E-state index in [9.17, 15) is 0 Å². The first-order chi connectivity index (χ1) is 28.3. The molecule has 0 saturated carbocycles. The zero-order valence-corrected chi connectivity index (χ0v) is 39.3. The summed E-state index contributed by atoms with van der Waals surface area (Å²) in [6.07, 6.45) is 18.3. The molecule has 7 rings (SSSR count). The van der Waals surface area contributed by atoms with Crippen molar-refractivity contribution in [1.82, 2.24) is 0 Å². The van der Waals surface area contributed by atoms with Gasteiger partial charge in [0.05, 0.1) is 5.41 Å². The van der Waals surface area contributed by atoms with Gasteiger partial charge >= 0.3 is 0 Å². The van der Waals surface area contributed by atoms with E-state index in [1.807, 2.05) is 0 Å². The molecular formula is C57H70BBr. The van der Waals surface area contributed by atoms with Gasteiger partial charge in [-0.1, -0.05) is 227 Å². The lowest BCUT2D eigenvalue weighted by molar-refractivity contribution is 0.430. The normalized spacial score (nSPS) is 16.7. The summed E-state index contributed by atoms with van der Waals surface area (Å²) in [5.74, 6) is 0.948. The van der Waals surface area contributed by atoms with Crippen LogP contribution < -0.4 is 5.46 Å². The molecular weight excluding hydrogens is 775 g/mol. The average Bonchev–Trinajstić information content (AvgIpc) is 3.48. The van der Waals surface area contributed by atoms with Crippen molar-refractivity contribution < 1.29 is 0 Å². The minimum absolute atomic E-state index is 0.0657. The molecule has 59 heavy (non-hydrogen) atoms. The number of rotatable bonds is 16. The predicted molar refractivity (Wildman–Crippen MR) is 261 cm³/mol. The summed E-state index contributed by atoms with van der Waals surface area (Å²) in [4.78, 5) is 0. The van der Waals surface area contributed by atoms with Gasteiger partial charge in [-0.2, -0.15) is 0 Å². The van der Waals surface area contributed by atoms with Crippen LogP contribution in [-0.2, 0) is 16.2 Å². The van der Waals surface area contributed by atoms with Crippen molar-refractivity contribution in [3.8, 4) is 22.3 Å². The maximum atomic E-state index is 6.73. The first-order valence-corrected chi connectivity index (χ1v) is 24.2. The van der Waals surface area contributed by atoms with Crippen molar-refractivity contribution in [3.05, 3.63) is 146 Å². The Balaban J connectivity index is 1.45. The highest BCUT2D eigenvalue weighted by atomic mass is 79.9. The molecule has 0 bridgehead atoms. The molecule has 0 heterocycles. The van der Waals surface area contributed by atoms with Gasteiger partial charge in [0.2, 0.25) is 0 Å². The van der Waals surface area contributed by atoms with Crippen LogP contribution in [-0.4, -0.2) is 7.85 Å². The van der Waals surface area contributed by atoms with Crippen LogP contribution in [0, 0.1) is 0 Å². The van der Waals surface area contributed by atoms with Gasteiger partial charge in [-0.05, 0) is 127 Å². The molecule has 2 atom stereocenters. The third kappa shape index (κ3) is 8.87. The smallest absolute Gasteiger partial charge is 0.0963 e. The average molecular weight is 846 g/mol. The third-order valence-electron chi connectivity index (χ3n) is 14.0. The Kier molecular flexibility index (Phi) is 13.6. The van der Waals surface area contributed by atoms with Crippen LogP contribution >= 0.6 is 15.9 Å². The quantitative estimate of drug-likeness (QED) is 0.0672. The van der Waals surface area contributed by atoms with Gasteiger partial charge in [0.25, 0.3) is 0 Å². The molecule has 0 aliphatic heterocycles. The summed E-state index contributed by atoms with van der Waals surface area (Å²) in [7, 11) is 6.73. The highest BCUT2D eigenvalue weighted by Crippen LogP contribution is 2.60. The summed E-state index contributed by atoms with van der Waals surface area (Å²) < 4.78 is 1.12. The first-order valence-electron chi connectivity index (χ1n) is 23.4. The minimum Gasteiger partial charge on any atom is -0.0963 e. The fourth-order valence-electron chi connectivity index (χ4n) is 10.7. The topological polar surface area (TPSA) is 0 Å². The SMILES string of the molecule is [B]c1ccc2c(c1)C(CCCCCCCC)C(CCCCCCCC)c1cc3c(cc1-2)C(c1ccc(C(C)(C)C)cc1)(c1ccc(C(C)(C)C)cc1)c1cc(Br)ccc1-3. The molecule has 5 aromatic carbocycles. The van der Waals surface area contributed by atoms with E-state index in [0.29, 0.717) is 11.8 Å². The Morgan fingerprint density at radius 3 is 1.44 bits per heavy atom. The molecule has 0 nitrogen and oxygen atoms in total. The van der Waals surface area contributed by atoms with Crippen molar-refractivity contribution >= 4 is 29.2 Å². The van der Waals surface area contributed by atoms with Crippen LogP contribution in [0.15, 0.2) is 102 Å². The monoisotopic (exact) mass is 844 g/mol. The largest absolute Gasteiger partial charge is 0.113 e. The Bertz CT molecular complexity index is 2140. The number of hydrogen-bond acceptors (Lipinski definition) is 0. The van der Waals surface area contributed by atoms with E-state index in [-0.39, 0.29) is 10.8 Å². The van der Waals surface area contributed by atoms with Gasteiger partial charge in [0.1, 0.15) is 7.85 Å². The Labute approximate surface area is 369 Å². The van der Waals surface area contributed by atoms with Gasteiger partial charge in [-0.25, -0.2) is 0 Å². The number of halogens is 1. The predicted octanol–water partition coefficient (Wildman–Crippen LogP) is 16.5. The van der Waals surface area contributed by atoms with E-state index in [1.54, 1.807) is 5.56 Å². The summed E-state index contributed by atoms with van der Waals surface area (Å²) in [6, 6.07) is 38.6. The second-order valence-electron chi connectivity index (χ2n) is 20.3. The maximum absolute atomic E-state index is 6.73. The lowest BCUT2D eigenvalue weighted by Crippen LogP contribution is -2.29. The molecule has 0 amide bonds. The van der Waals surface area contributed by atoms with E-state index in [0.717, 1.165) is 9.94 Å². The summed E-state index contributed by atoms with van der Waals surface area (Å²) >= 11 is 3.98. The lowest BCUT2D eigenvalue weighted by atomic mass is 9.64. The lowest BCUT2D eigenvalue weighted by Gasteiger charge is -2.39. The summed E-state index contributed by atoms with van der Waals surface area (Å²) in [6.45, 7) is 18.5. The molecule has 5 aromatic rings. The van der Waals surface area contributed by atoms with Crippen LogP contribution in [0.2, 0.25) is 0 Å². The summed E-state index contributed by atoms with van der Waals surface area (Å²) in [5.41, 5.74) is 17.3. The van der Waals surface area contributed by atoms with Crippen molar-refractivity contribution in [2.75, 3.05) is 0 Å². The van der Waals surface area contributed by atoms with Gasteiger partial charge < -0.3 is 0 Å². The highest BCUT2D eigenvalue weighted by molar-refractivity contribution is 9.10. The number of fused-ring (bicyclic) bond motifs is 6. The Hall–Kier alpha value is -3.36. The van der Waals surface area contributed by atoms with Gasteiger partial charge in [0.15, 0.2) is 0 Å². The fraction of sp³-hybridized carbons (Fsp3) is 0.474. The van der Waals surface area contributed by atoms with Crippen molar-refractivity contribution in [2.45, 2.75) is 173 Å². The molecule has 2 radical (unpaired) electrons. The third-order valence-corrected chi connectivity index (χ3v) is 14.5. The number of hydrogen-bond donors (Lipinski definition) is 0. The standard InChI is InChI=1S/C57H70BBr/c1-9-11-13-15-17-19-21-45-46(22-20-18-16-14-12-10-2)50-37-52-48-34-32-44(59)36-53(48)57(41-27-23-39(24-28-41)55(3,4)5,42-29-25-40(26-30-42)56(6,7)8)54(52)38-51(50)47-33-31-43(58)35-49(45)47/h23-38,45-46H,9-22H2,1-8H3. The number of benzene rings is 5. The van der Waals surface area contributed by atoms with Gasteiger partial charge in [-0.3, -0.25) is 0 Å². The van der Waals surface area contributed by atoms with Crippen molar-refractivity contribution in [2.24, 2.45) is 0 Å². The van der Waals surface area contributed by atoms with Crippen molar-refractivity contribution in [1.29, 1.82) is 0 Å². The molecule has 2 aliphatic rings. The van der Waals surface area contributed by atoms with E-state index in [1.165, 1.54) is 151 Å². The zero-order valence-electron chi connectivity index (χ0n) is 37.7. The zero-order chi connectivity index (χ0) is 42.0. The first kappa shape index (κ1) is 43.7. The molecule has 0 fully saturated rings. The highest BCUT2D eigenvalue weighted by Gasteiger charge is 2.48. The summed E-state index contributed by atoms with van der Waals surface area (Å²) in [5, 5.41) is 0. The molecule has 0 saturated heterocycles. The van der Waals surface area contributed by atoms with Crippen LogP contribution in [0.4, 0.5) is 0 Å². The second-order valence-corrected chi connectivity index (χ2v) is 21.2. The van der Waals surface area contributed by atoms with E-state index >= 15 is 0 Å². The Morgan fingerprint density at radius 2 is 0.932 bits per heavy atom. The molecule has 0 spiro atoms. The van der Waals surface area contributed by atoms with Crippen LogP contribution in [0.1, 0.15) is 202 Å². The van der Waals surface area contributed by atoms with E-state index < -0.39 is 5.41 Å². The molecule has 308 valence electrons. The molecule has 2 unspecified atom stereocenters. The Morgan fingerprint density at radius 1 is 0.475 bits per heavy atom. The molecule has 2 heteroatoms. The van der Waals surface area contributed by atoms with Gasteiger partial charge in [0, 0.05) is 4.47 Å². The van der Waals surface area contributed by atoms with E-state index in [4.69, 9.17) is 7.85 Å².